The zero-order chi connectivity index (χ0) is 16.9. The smallest absolute Gasteiger partial charge is 0.305 e. The molecule has 2 aliphatic rings. The molecule has 0 saturated carbocycles. The van der Waals surface area contributed by atoms with Gasteiger partial charge in [-0.2, -0.15) is 0 Å². The molecule has 0 radical (unpaired) electrons. The molecule has 0 spiro atoms. The number of hydrogen-bond acceptors (Lipinski definition) is 3. The van der Waals surface area contributed by atoms with E-state index < -0.39 is 16.1 Å². The SMILES string of the molecule is Cc1cccc2c1NC(=O)N(Cc1ccc3c(c1)CCC3)S2(=O)=O. The van der Waals surface area contributed by atoms with Crippen molar-refractivity contribution in [2.75, 3.05) is 5.32 Å². The van der Waals surface area contributed by atoms with Crippen molar-refractivity contribution < 1.29 is 13.2 Å². The van der Waals surface area contributed by atoms with E-state index in [0.717, 1.165) is 34.7 Å². The lowest BCUT2D eigenvalue weighted by molar-refractivity contribution is 0.233. The number of sulfonamides is 1. The molecule has 2 aromatic carbocycles. The normalized spacial score (nSPS) is 18.0. The van der Waals surface area contributed by atoms with Crippen molar-refractivity contribution in [3.8, 4) is 0 Å². The Labute approximate surface area is 141 Å². The molecule has 2 aromatic rings. The van der Waals surface area contributed by atoms with Crippen molar-refractivity contribution >= 4 is 21.7 Å². The Hall–Kier alpha value is -2.34. The number of amides is 2. The number of para-hydroxylation sites is 1. The molecule has 1 N–H and O–H groups in total. The summed E-state index contributed by atoms with van der Waals surface area (Å²) in [6.45, 7) is 1.83. The second-order valence-corrected chi connectivity index (χ2v) is 8.18. The van der Waals surface area contributed by atoms with Crippen LogP contribution < -0.4 is 5.32 Å². The van der Waals surface area contributed by atoms with E-state index in [-0.39, 0.29) is 11.4 Å². The van der Waals surface area contributed by atoms with Gasteiger partial charge in [-0.05, 0) is 54.5 Å². The maximum atomic E-state index is 12.9. The summed E-state index contributed by atoms with van der Waals surface area (Å²) in [5.41, 5.74) is 4.55. The molecule has 1 aliphatic carbocycles. The van der Waals surface area contributed by atoms with E-state index in [4.69, 9.17) is 0 Å². The number of rotatable bonds is 2. The third kappa shape index (κ3) is 2.29. The van der Waals surface area contributed by atoms with E-state index >= 15 is 0 Å². The summed E-state index contributed by atoms with van der Waals surface area (Å²) in [7, 11) is -3.85. The Bertz CT molecular complexity index is 951. The maximum Gasteiger partial charge on any atom is 0.336 e. The fourth-order valence-electron chi connectivity index (χ4n) is 3.46. The van der Waals surface area contributed by atoms with Gasteiger partial charge in [0.1, 0.15) is 4.90 Å². The van der Waals surface area contributed by atoms with Crippen LogP contribution in [0.15, 0.2) is 41.3 Å². The first-order valence-electron chi connectivity index (χ1n) is 8.01. The average Bonchev–Trinajstić information content (AvgIpc) is 3.00. The number of benzene rings is 2. The molecule has 0 bridgehead atoms. The second-order valence-electron chi connectivity index (χ2n) is 6.35. The number of nitrogens with zero attached hydrogens (tertiary/aromatic N) is 1. The molecule has 4 rings (SSSR count). The number of urea groups is 1. The molecule has 0 atom stereocenters. The molecule has 0 saturated heterocycles. The summed E-state index contributed by atoms with van der Waals surface area (Å²) >= 11 is 0. The molecule has 0 fully saturated rings. The summed E-state index contributed by atoms with van der Waals surface area (Å²) in [4.78, 5) is 12.6. The van der Waals surface area contributed by atoms with Crippen molar-refractivity contribution in [3.63, 3.8) is 0 Å². The van der Waals surface area contributed by atoms with Gasteiger partial charge in [0.2, 0.25) is 0 Å². The van der Waals surface area contributed by atoms with Crippen molar-refractivity contribution in [2.45, 2.75) is 37.6 Å². The molecule has 0 unspecified atom stereocenters. The predicted octanol–water partition coefficient (Wildman–Crippen LogP) is 3.22. The topological polar surface area (TPSA) is 66.5 Å². The number of aryl methyl sites for hydroxylation is 3. The molecule has 124 valence electrons. The maximum absolute atomic E-state index is 12.9. The van der Waals surface area contributed by atoms with Crippen LogP contribution in [0.25, 0.3) is 0 Å². The summed E-state index contributed by atoms with van der Waals surface area (Å²) in [5.74, 6) is 0. The third-order valence-electron chi connectivity index (χ3n) is 4.75. The van der Waals surface area contributed by atoms with Gasteiger partial charge in [-0.1, -0.05) is 30.3 Å². The highest BCUT2D eigenvalue weighted by atomic mass is 32.2. The second kappa shape index (κ2) is 5.34. The molecule has 1 aliphatic heterocycles. The number of carbonyl (C=O) groups excluding carboxylic acids is 1. The quantitative estimate of drug-likeness (QED) is 0.911. The van der Waals surface area contributed by atoms with Crippen LogP contribution in [0, 0.1) is 6.92 Å². The Morgan fingerprint density at radius 1 is 1.12 bits per heavy atom. The fourth-order valence-corrected chi connectivity index (χ4v) is 5.00. The van der Waals surface area contributed by atoms with E-state index in [2.05, 4.69) is 5.32 Å². The van der Waals surface area contributed by atoms with Gasteiger partial charge in [0, 0.05) is 0 Å². The highest BCUT2D eigenvalue weighted by Crippen LogP contribution is 2.33. The molecule has 0 aromatic heterocycles. The zero-order valence-electron chi connectivity index (χ0n) is 13.4. The number of carbonyl (C=O) groups is 1. The van der Waals surface area contributed by atoms with E-state index in [1.54, 1.807) is 19.1 Å². The predicted molar refractivity (Wildman–Crippen MR) is 91.4 cm³/mol. The Morgan fingerprint density at radius 2 is 1.92 bits per heavy atom. The number of hydrogen-bond donors (Lipinski definition) is 1. The van der Waals surface area contributed by atoms with Crippen molar-refractivity contribution in [1.29, 1.82) is 0 Å². The number of anilines is 1. The molecule has 24 heavy (non-hydrogen) atoms. The number of fused-ring (bicyclic) bond motifs is 2. The first kappa shape index (κ1) is 15.2. The van der Waals surface area contributed by atoms with Crippen molar-refractivity contribution in [3.05, 3.63) is 58.7 Å². The Kier molecular flexibility index (Phi) is 3.38. The lowest BCUT2D eigenvalue weighted by Gasteiger charge is -2.29. The van der Waals surface area contributed by atoms with Crippen molar-refractivity contribution in [2.24, 2.45) is 0 Å². The van der Waals surface area contributed by atoms with Crippen LogP contribution in [-0.4, -0.2) is 18.8 Å². The van der Waals surface area contributed by atoms with Crippen LogP contribution in [0.1, 0.15) is 28.7 Å². The minimum absolute atomic E-state index is 0.0504. The summed E-state index contributed by atoms with van der Waals surface area (Å²) in [5, 5.41) is 2.71. The van der Waals surface area contributed by atoms with Crippen LogP contribution in [0.5, 0.6) is 0 Å². The van der Waals surface area contributed by atoms with Gasteiger partial charge in [0.25, 0.3) is 10.0 Å². The number of nitrogens with one attached hydrogen (secondary N) is 1. The minimum Gasteiger partial charge on any atom is -0.305 e. The van der Waals surface area contributed by atoms with Crippen LogP contribution in [0.3, 0.4) is 0 Å². The van der Waals surface area contributed by atoms with Crippen LogP contribution >= 0.6 is 0 Å². The van der Waals surface area contributed by atoms with E-state index in [1.807, 2.05) is 18.2 Å². The Balaban J connectivity index is 1.72. The lowest BCUT2D eigenvalue weighted by Crippen LogP contribution is -2.43. The van der Waals surface area contributed by atoms with Crippen LogP contribution in [0.4, 0.5) is 10.5 Å². The van der Waals surface area contributed by atoms with Gasteiger partial charge in [0.05, 0.1) is 12.2 Å². The van der Waals surface area contributed by atoms with Gasteiger partial charge in [-0.3, -0.25) is 0 Å². The summed E-state index contributed by atoms with van der Waals surface area (Å²) < 4.78 is 26.7. The largest absolute Gasteiger partial charge is 0.336 e. The first-order valence-corrected chi connectivity index (χ1v) is 9.45. The standard InChI is InChI=1S/C18H18N2O3S/c1-12-4-2-7-16-17(12)19-18(21)20(24(16,22)23)11-13-8-9-14-5-3-6-15(14)10-13/h2,4,7-10H,3,5-6,11H2,1H3,(H,19,21). The van der Waals surface area contributed by atoms with Gasteiger partial charge in [-0.15, -0.1) is 0 Å². The highest BCUT2D eigenvalue weighted by molar-refractivity contribution is 7.90. The molecular weight excluding hydrogens is 324 g/mol. The third-order valence-corrected chi connectivity index (χ3v) is 6.52. The first-order chi connectivity index (χ1) is 11.5. The van der Waals surface area contributed by atoms with Gasteiger partial charge in [-0.25, -0.2) is 17.5 Å². The average molecular weight is 342 g/mol. The molecule has 6 heteroatoms. The van der Waals surface area contributed by atoms with Gasteiger partial charge in [0.15, 0.2) is 0 Å². The van der Waals surface area contributed by atoms with Gasteiger partial charge < -0.3 is 5.32 Å². The Morgan fingerprint density at radius 3 is 2.75 bits per heavy atom. The van der Waals surface area contributed by atoms with Crippen LogP contribution in [-0.2, 0) is 29.4 Å². The van der Waals surface area contributed by atoms with E-state index in [1.165, 1.54) is 17.2 Å². The van der Waals surface area contributed by atoms with E-state index in [0.29, 0.717) is 5.69 Å². The molecule has 5 nitrogen and oxygen atoms in total. The van der Waals surface area contributed by atoms with Crippen molar-refractivity contribution in [1.82, 2.24) is 4.31 Å². The van der Waals surface area contributed by atoms with E-state index in [9.17, 15) is 13.2 Å². The summed E-state index contributed by atoms with van der Waals surface area (Å²) in [6.07, 6.45) is 3.23. The highest BCUT2D eigenvalue weighted by Gasteiger charge is 2.37. The molecular formula is C18H18N2O3S. The van der Waals surface area contributed by atoms with Crippen LogP contribution in [0.2, 0.25) is 0 Å². The summed E-state index contributed by atoms with van der Waals surface area (Å²) in [6, 6.07) is 10.4. The fraction of sp³-hybridized carbons (Fsp3) is 0.278. The molecule has 2 amide bonds. The lowest BCUT2D eigenvalue weighted by atomic mass is 10.1. The minimum atomic E-state index is -3.85. The van der Waals surface area contributed by atoms with Gasteiger partial charge >= 0.3 is 6.03 Å². The monoisotopic (exact) mass is 342 g/mol. The zero-order valence-corrected chi connectivity index (χ0v) is 14.2. The molecule has 1 heterocycles.